The highest BCUT2D eigenvalue weighted by Gasteiger charge is 2.22. The normalized spacial score (nSPS) is 14.6. The van der Waals surface area contributed by atoms with E-state index in [2.05, 4.69) is 67.6 Å². The van der Waals surface area contributed by atoms with E-state index < -0.39 is 0 Å². The lowest BCUT2D eigenvalue weighted by Crippen LogP contribution is -2.36. The lowest BCUT2D eigenvalue weighted by atomic mass is 10.1. The summed E-state index contributed by atoms with van der Waals surface area (Å²) in [6.07, 6.45) is 3.52. The van der Waals surface area contributed by atoms with Crippen molar-refractivity contribution in [2.75, 3.05) is 43.6 Å². The molecule has 8 nitrogen and oxygen atoms in total. The van der Waals surface area contributed by atoms with Crippen LogP contribution in [0.2, 0.25) is 0 Å². The molecule has 2 N–H and O–H groups in total. The van der Waals surface area contributed by atoms with Crippen LogP contribution in [0.1, 0.15) is 5.56 Å². The molecule has 2 aliphatic rings. The van der Waals surface area contributed by atoms with Gasteiger partial charge >= 0.3 is 6.01 Å². The molecule has 0 unspecified atom stereocenters. The molecule has 2 aromatic heterocycles. The molecule has 188 valence electrons. The summed E-state index contributed by atoms with van der Waals surface area (Å²) in [5.74, 6) is 0. The molecule has 10 heteroatoms. The number of H-pyrrole nitrogens is 1. The SMILES string of the molecule is COc1ncc(CNc2ccc3c(c2)Sc2cccc(-c4cc(N5CCOCC5)cc(=O)[nH]4)c2S3)cn1. The molecule has 1 saturated heterocycles. The van der Waals surface area contributed by atoms with Crippen LogP contribution >= 0.6 is 23.5 Å². The van der Waals surface area contributed by atoms with Crippen LogP contribution in [0, 0.1) is 0 Å². The summed E-state index contributed by atoms with van der Waals surface area (Å²) in [4.78, 5) is 30.9. The Hall–Kier alpha value is -3.47. The van der Waals surface area contributed by atoms with Crippen molar-refractivity contribution in [1.29, 1.82) is 0 Å². The number of anilines is 2. The predicted octanol–water partition coefficient (Wildman–Crippen LogP) is 4.91. The van der Waals surface area contributed by atoms with Gasteiger partial charge in [0, 0.05) is 80.2 Å². The summed E-state index contributed by atoms with van der Waals surface area (Å²) in [7, 11) is 1.55. The summed E-state index contributed by atoms with van der Waals surface area (Å²) < 4.78 is 10.5. The van der Waals surface area contributed by atoms with Gasteiger partial charge in [0.15, 0.2) is 0 Å². The largest absolute Gasteiger partial charge is 0.467 e. The Kier molecular flexibility index (Phi) is 6.77. The van der Waals surface area contributed by atoms with Crippen molar-refractivity contribution in [2.45, 2.75) is 26.1 Å². The minimum Gasteiger partial charge on any atom is -0.467 e. The van der Waals surface area contributed by atoms with Crippen LogP contribution in [-0.4, -0.2) is 48.4 Å². The van der Waals surface area contributed by atoms with E-state index in [4.69, 9.17) is 9.47 Å². The van der Waals surface area contributed by atoms with E-state index in [-0.39, 0.29) is 5.56 Å². The number of morpholine rings is 1. The monoisotopic (exact) mass is 531 g/mol. The maximum absolute atomic E-state index is 12.6. The predicted molar refractivity (Wildman–Crippen MR) is 146 cm³/mol. The fourth-order valence-electron chi connectivity index (χ4n) is 4.35. The maximum Gasteiger partial charge on any atom is 0.316 e. The van der Waals surface area contributed by atoms with Crippen LogP contribution < -0.4 is 20.5 Å². The topological polar surface area (TPSA) is 92.4 Å². The van der Waals surface area contributed by atoms with E-state index in [9.17, 15) is 4.79 Å². The van der Waals surface area contributed by atoms with Gasteiger partial charge in [0.2, 0.25) is 5.56 Å². The maximum atomic E-state index is 12.6. The highest BCUT2D eigenvalue weighted by atomic mass is 32.2. The number of nitrogens with zero attached hydrogens (tertiary/aromatic N) is 3. The van der Waals surface area contributed by atoms with Gasteiger partial charge in [0.25, 0.3) is 0 Å². The van der Waals surface area contributed by atoms with Gasteiger partial charge in [-0.15, -0.1) is 0 Å². The fraction of sp³-hybridized carbons (Fsp3) is 0.222. The van der Waals surface area contributed by atoms with E-state index in [1.165, 1.54) is 14.7 Å². The molecule has 2 aromatic carbocycles. The zero-order valence-electron chi connectivity index (χ0n) is 20.2. The molecule has 0 saturated carbocycles. The second kappa shape index (κ2) is 10.5. The molecule has 2 aliphatic heterocycles. The van der Waals surface area contributed by atoms with Crippen molar-refractivity contribution >= 4 is 34.9 Å². The van der Waals surface area contributed by atoms with Crippen LogP contribution in [0.15, 0.2) is 85.3 Å². The molecule has 0 radical (unpaired) electrons. The van der Waals surface area contributed by atoms with E-state index in [1.807, 2.05) is 0 Å². The minimum atomic E-state index is -0.0940. The Morgan fingerprint density at radius 1 is 1.03 bits per heavy atom. The zero-order valence-corrected chi connectivity index (χ0v) is 21.8. The number of aromatic nitrogens is 3. The van der Waals surface area contributed by atoms with Crippen molar-refractivity contribution in [3.05, 3.63) is 76.8 Å². The van der Waals surface area contributed by atoms with E-state index in [0.29, 0.717) is 25.8 Å². The quantitative estimate of drug-likeness (QED) is 0.317. The molecule has 4 heterocycles. The molecule has 0 bridgehead atoms. The van der Waals surface area contributed by atoms with Gasteiger partial charge in [-0.05, 0) is 30.3 Å². The van der Waals surface area contributed by atoms with Crippen LogP contribution in [0.25, 0.3) is 11.3 Å². The second-order valence-electron chi connectivity index (χ2n) is 8.65. The first-order valence-corrected chi connectivity index (χ1v) is 13.6. The Labute approximate surface area is 222 Å². The summed E-state index contributed by atoms with van der Waals surface area (Å²) >= 11 is 3.49. The Bertz CT molecular complexity index is 1490. The zero-order chi connectivity index (χ0) is 25.2. The molecular formula is C27H25N5O3S2. The van der Waals surface area contributed by atoms with Crippen molar-refractivity contribution in [1.82, 2.24) is 15.0 Å². The number of hydrogen-bond donors (Lipinski definition) is 2. The van der Waals surface area contributed by atoms with E-state index >= 15 is 0 Å². The molecule has 0 amide bonds. The fourth-order valence-corrected chi connectivity index (χ4v) is 6.76. The van der Waals surface area contributed by atoms with Gasteiger partial charge in [0.1, 0.15) is 0 Å². The Morgan fingerprint density at radius 2 is 1.86 bits per heavy atom. The minimum absolute atomic E-state index is 0.0940. The van der Waals surface area contributed by atoms with Gasteiger partial charge in [0.05, 0.1) is 26.0 Å². The standard InChI is InChI=1S/C27H25N5O3S2/c1-34-27-29-15-17(16-30-27)14-28-18-5-6-22-24(11-18)36-23-4-2-3-20(26(23)37-22)21-12-19(13-25(33)31-21)32-7-9-35-10-8-32/h2-6,11-13,15-16,28H,7-10,14H2,1H3,(H,31,33). The van der Waals surface area contributed by atoms with Gasteiger partial charge < -0.3 is 24.7 Å². The highest BCUT2D eigenvalue weighted by Crippen LogP contribution is 2.52. The highest BCUT2D eigenvalue weighted by molar-refractivity contribution is 8.05. The van der Waals surface area contributed by atoms with Gasteiger partial charge in [-0.3, -0.25) is 4.79 Å². The average Bonchev–Trinajstić information content (AvgIpc) is 2.95. The van der Waals surface area contributed by atoms with Crippen LogP contribution in [-0.2, 0) is 11.3 Å². The smallest absolute Gasteiger partial charge is 0.316 e. The number of methoxy groups -OCH3 is 1. The Morgan fingerprint density at radius 3 is 2.68 bits per heavy atom. The van der Waals surface area contributed by atoms with Crippen molar-refractivity contribution in [2.24, 2.45) is 0 Å². The lowest BCUT2D eigenvalue weighted by Gasteiger charge is -2.29. The molecule has 37 heavy (non-hydrogen) atoms. The molecular weight excluding hydrogens is 506 g/mol. The number of nitrogens with one attached hydrogen (secondary N) is 2. The van der Waals surface area contributed by atoms with Crippen molar-refractivity contribution in [3.63, 3.8) is 0 Å². The van der Waals surface area contributed by atoms with Gasteiger partial charge in [-0.2, -0.15) is 0 Å². The number of fused-ring (bicyclic) bond motifs is 2. The summed E-state index contributed by atoms with van der Waals surface area (Å²) in [6.45, 7) is 3.55. The molecule has 0 aliphatic carbocycles. The molecule has 4 aromatic rings. The summed E-state index contributed by atoms with van der Waals surface area (Å²) in [5.41, 5.74) is 4.72. The number of hydrogen-bond acceptors (Lipinski definition) is 9. The molecule has 0 spiro atoms. The first kappa shape index (κ1) is 23.9. The number of ether oxygens (including phenoxy) is 2. The van der Waals surface area contributed by atoms with Crippen LogP contribution in [0.5, 0.6) is 6.01 Å². The van der Waals surface area contributed by atoms with Crippen molar-refractivity contribution < 1.29 is 9.47 Å². The van der Waals surface area contributed by atoms with Crippen LogP contribution in [0.3, 0.4) is 0 Å². The van der Waals surface area contributed by atoms with E-state index in [1.54, 1.807) is 49.1 Å². The number of rotatable bonds is 6. The summed E-state index contributed by atoms with van der Waals surface area (Å²) in [6, 6.07) is 16.8. The van der Waals surface area contributed by atoms with Crippen molar-refractivity contribution in [3.8, 4) is 17.3 Å². The molecule has 1 fully saturated rings. The first-order valence-electron chi connectivity index (χ1n) is 12.0. The number of pyridine rings is 1. The van der Waals surface area contributed by atoms with Gasteiger partial charge in [-0.25, -0.2) is 9.97 Å². The summed E-state index contributed by atoms with van der Waals surface area (Å²) in [5, 5.41) is 3.46. The average molecular weight is 532 g/mol. The lowest BCUT2D eigenvalue weighted by molar-refractivity contribution is 0.122. The Balaban J connectivity index is 1.24. The molecule has 0 atom stereocenters. The third-order valence-corrected chi connectivity index (χ3v) is 8.81. The number of benzene rings is 2. The van der Waals surface area contributed by atoms with Crippen LogP contribution in [0.4, 0.5) is 11.4 Å². The van der Waals surface area contributed by atoms with Gasteiger partial charge in [-0.1, -0.05) is 35.7 Å². The molecule has 6 rings (SSSR count). The van der Waals surface area contributed by atoms with E-state index in [0.717, 1.165) is 46.2 Å². The third kappa shape index (κ3) is 5.18. The first-order chi connectivity index (χ1) is 18.2. The third-order valence-electron chi connectivity index (χ3n) is 6.21. The second-order valence-corrected chi connectivity index (χ2v) is 10.8. The number of aromatic amines is 1.